The van der Waals surface area contributed by atoms with Crippen molar-refractivity contribution in [3.05, 3.63) is 42.0 Å². The Morgan fingerprint density at radius 2 is 2.00 bits per heavy atom. The third-order valence-corrected chi connectivity index (χ3v) is 5.07. The molecule has 2 aliphatic heterocycles. The smallest absolute Gasteiger partial charge is 0.135 e. The third kappa shape index (κ3) is 3.80. The molecule has 0 radical (unpaired) electrons. The fourth-order valence-electron chi connectivity index (χ4n) is 3.95. The summed E-state index contributed by atoms with van der Waals surface area (Å²) >= 11 is 0. The molecule has 6 heteroatoms. The zero-order valence-electron chi connectivity index (χ0n) is 14.7. The van der Waals surface area contributed by atoms with Gasteiger partial charge in [0.05, 0.1) is 11.7 Å². The maximum atomic E-state index is 5.54. The van der Waals surface area contributed by atoms with Gasteiger partial charge < -0.3 is 10.1 Å². The van der Waals surface area contributed by atoms with E-state index >= 15 is 0 Å². The summed E-state index contributed by atoms with van der Waals surface area (Å²) in [6.07, 6.45) is 6.42. The van der Waals surface area contributed by atoms with E-state index in [0.29, 0.717) is 12.1 Å². The standard InChI is InChI=1S/C19H25N5O/c1-14-21-16(13-19(22-14)23-18-6-2-3-9-20-18)17-5-4-10-24(17)15-7-11-25-12-8-15/h2-3,6,9,13,15,17H,4-5,7-8,10-12H2,1H3,(H,20,21,22,23)/t17-/m0/s1. The van der Waals surface area contributed by atoms with Crippen molar-refractivity contribution in [1.82, 2.24) is 19.9 Å². The second-order valence-electron chi connectivity index (χ2n) is 6.80. The Hall–Kier alpha value is -2.05. The normalized spacial score (nSPS) is 22.2. The molecule has 0 saturated carbocycles. The topological polar surface area (TPSA) is 63.2 Å². The molecule has 4 heterocycles. The Kier molecular flexibility index (Phi) is 4.90. The molecule has 0 spiro atoms. The zero-order chi connectivity index (χ0) is 17.1. The van der Waals surface area contributed by atoms with E-state index in [9.17, 15) is 0 Å². The van der Waals surface area contributed by atoms with Gasteiger partial charge in [-0.25, -0.2) is 15.0 Å². The van der Waals surface area contributed by atoms with E-state index in [4.69, 9.17) is 9.72 Å². The van der Waals surface area contributed by atoms with Gasteiger partial charge in [0.25, 0.3) is 0 Å². The molecule has 2 aromatic heterocycles. The highest BCUT2D eigenvalue weighted by Gasteiger charge is 2.33. The fraction of sp³-hybridized carbons (Fsp3) is 0.526. The number of aromatic nitrogens is 3. The lowest BCUT2D eigenvalue weighted by Crippen LogP contribution is -2.39. The van der Waals surface area contributed by atoms with Gasteiger partial charge >= 0.3 is 0 Å². The van der Waals surface area contributed by atoms with Crippen molar-refractivity contribution < 1.29 is 4.74 Å². The molecule has 4 rings (SSSR count). The van der Waals surface area contributed by atoms with E-state index in [1.165, 1.54) is 6.42 Å². The van der Waals surface area contributed by atoms with Crippen LogP contribution in [0.5, 0.6) is 0 Å². The lowest BCUT2D eigenvalue weighted by molar-refractivity contribution is 0.0285. The maximum Gasteiger partial charge on any atom is 0.135 e. The molecule has 1 atom stereocenters. The molecule has 2 aliphatic rings. The van der Waals surface area contributed by atoms with Gasteiger partial charge in [0.15, 0.2) is 0 Å². The Morgan fingerprint density at radius 1 is 1.12 bits per heavy atom. The summed E-state index contributed by atoms with van der Waals surface area (Å²) in [6, 6.07) is 8.91. The Balaban J connectivity index is 1.56. The summed E-state index contributed by atoms with van der Waals surface area (Å²) in [5.74, 6) is 2.43. The predicted octanol–water partition coefficient (Wildman–Crippen LogP) is 3.24. The molecule has 132 valence electrons. The van der Waals surface area contributed by atoms with Crippen molar-refractivity contribution in [3.8, 4) is 0 Å². The van der Waals surface area contributed by atoms with E-state index in [-0.39, 0.29) is 0 Å². The number of rotatable bonds is 4. The average molecular weight is 339 g/mol. The number of nitrogens with zero attached hydrogens (tertiary/aromatic N) is 4. The highest BCUT2D eigenvalue weighted by atomic mass is 16.5. The van der Waals surface area contributed by atoms with Crippen LogP contribution < -0.4 is 5.32 Å². The van der Waals surface area contributed by atoms with Crippen LogP contribution in [0.2, 0.25) is 0 Å². The molecule has 25 heavy (non-hydrogen) atoms. The van der Waals surface area contributed by atoms with Gasteiger partial charge in [-0.05, 0) is 51.3 Å². The maximum absolute atomic E-state index is 5.54. The van der Waals surface area contributed by atoms with Crippen LogP contribution in [0.4, 0.5) is 11.6 Å². The molecule has 2 saturated heterocycles. The van der Waals surface area contributed by atoms with E-state index in [1.54, 1.807) is 6.20 Å². The first-order valence-corrected chi connectivity index (χ1v) is 9.17. The predicted molar refractivity (Wildman–Crippen MR) is 96.8 cm³/mol. The first-order chi connectivity index (χ1) is 12.3. The fourth-order valence-corrected chi connectivity index (χ4v) is 3.95. The third-order valence-electron chi connectivity index (χ3n) is 5.07. The van der Waals surface area contributed by atoms with Gasteiger partial charge in [0.2, 0.25) is 0 Å². The summed E-state index contributed by atoms with van der Waals surface area (Å²) in [6.45, 7) is 4.87. The molecule has 0 bridgehead atoms. The van der Waals surface area contributed by atoms with Crippen LogP contribution in [0.15, 0.2) is 30.5 Å². The van der Waals surface area contributed by atoms with Crippen LogP contribution in [0.25, 0.3) is 0 Å². The summed E-state index contributed by atoms with van der Waals surface area (Å²) in [7, 11) is 0. The van der Waals surface area contributed by atoms with Gasteiger partial charge in [0.1, 0.15) is 17.5 Å². The highest BCUT2D eigenvalue weighted by Crippen LogP contribution is 2.35. The summed E-state index contributed by atoms with van der Waals surface area (Å²) in [5, 5.41) is 3.30. The van der Waals surface area contributed by atoms with Crippen LogP contribution in [-0.2, 0) is 4.74 Å². The second kappa shape index (κ2) is 7.45. The number of hydrogen-bond acceptors (Lipinski definition) is 6. The number of likely N-dealkylation sites (tertiary alicyclic amines) is 1. The first-order valence-electron chi connectivity index (χ1n) is 9.17. The molecular weight excluding hydrogens is 314 g/mol. The lowest BCUT2D eigenvalue weighted by atomic mass is 10.0. The minimum Gasteiger partial charge on any atom is -0.381 e. The van der Waals surface area contributed by atoms with E-state index in [2.05, 4.69) is 26.3 Å². The van der Waals surface area contributed by atoms with Gasteiger partial charge in [-0.2, -0.15) is 0 Å². The van der Waals surface area contributed by atoms with Crippen molar-refractivity contribution in [1.29, 1.82) is 0 Å². The average Bonchev–Trinajstić information content (AvgIpc) is 3.13. The quantitative estimate of drug-likeness (QED) is 0.923. The molecule has 6 nitrogen and oxygen atoms in total. The van der Waals surface area contributed by atoms with Crippen molar-refractivity contribution in [2.75, 3.05) is 25.1 Å². The number of aryl methyl sites for hydroxylation is 1. The molecule has 2 aromatic rings. The van der Waals surface area contributed by atoms with Crippen molar-refractivity contribution in [2.45, 2.75) is 44.7 Å². The van der Waals surface area contributed by atoms with Gasteiger partial charge in [-0.3, -0.25) is 4.90 Å². The molecule has 1 N–H and O–H groups in total. The van der Waals surface area contributed by atoms with Crippen molar-refractivity contribution in [3.63, 3.8) is 0 Å². The monoisotopic (exact) mass is 339 g/mol. The Bertz CT molecular complexity index is 702. The van der Waals surface area contributed by atoms with Crippen LogP contribution in [0.3, 0.4) is 0 Å². The van der Waals surface area contributed by atoms with E-state index in [0.717, 1.165) is 62.2 Å². The molecule has 0 aromatic carbocycles. The van der Waals surface area contributed by atoms with Crippen molar-refractivity contribution >= 4 is 11.6 Å². The number of nitrogens with one attached hydrogen (secondary N) is 1. The lowest BCUT2D eigenvalue weighted by Gasteiger charge is -2.35. The molecule has 0 aliphatic carbocycles. The molecule has 2 fully saturated rings. The van der Waals surface area contributed by atoms with Crippen LogP contribution in [0.1, 0.15) is 43.2 Å². The highest BCUT2D eigenvalue weighted by molar-refractivity contribution is 5.51. The zero-order valence-corrected chi connectivity index (χ0v) is 14.7. The number of pyridine rings is 1. The Morgan fingerprint density at radius 3 is 2.80 bits per heavy atom. The molecule has 0 amide bonds. The van der Waals surface area contributed by atoms with Gasteiger partial charge in [-0.15, -0.1) is 0 Å². The summed E-state index contributed by atoms with van der Waals surface area (Å²) in [5.41, 5.74) is 1.12. The summed E-state index contributed by atoms with van der Waals surface area (Å²) in [4.78, 5) is 16.3. The van der Waals surface area contributed by atoms with Crippen LogP contribution in [-0.4, -0.2) is 45.7 Å². The largest absolute Gasteiger partial charge is 0.381 e. The van der Waals surface area contributed by atoms with Crippen LogP contribution >= 0.6 is 0 Å². The number of ether oxygens (including phenoxy) is 1. The first kappa shape index (κ1) is 16.4. The number of anilines is 2. The van der Waals surface area contributed by atoms with Crippen LogP contribution in [0, 0.1) is 6.92 Å². The number of hydrogen-bond donors (Lipinski definition) is 1. The SMILES string of the molecule is Cc1nc(Nc2ccccn2)cc([C@@H]2CCCN2C2CCOCC2)n1. The summed E-state index contributed by atoms with van der Waals surface area (Å²) < 4.78 is 5.54. The second-order valence-corrected chi connectivity index (χ2v) is 6.80. The van der Waals surface area contributed by atoms with Gasteiger partial charge in [-0.1, -0.05) is 6.07 Å². The van der Waals surface area contributed by atoms with Gasteiger partial charge in [0, 0.05) is 31.5 Å². The Labute approximate surface area is 148 Å². The molecular formula is C19H25N5O. The molecule has 0 unspecified atom stereocenters. The van der Waals surface area contributed by atoms with Crippen molar-refractivity contribution in [2.24, 2.45) is 0 Å². The minimum atomic E-state index is 0.383. The minimum absolute atomic E-state index is 0.383. The van der Waals surface area contributed by atoms with E-state index in [1.807, 2.05) is 25.1 Å². The van der Waals surface area contributed by atoms with E-state index < -0.39 is 0 Å².